The second-order valence-corrected chi connectivity index (χ2v) is 17.4. The summed E-state index contributed by atoms with van der Waals surface area (Å²) < 4.78 is 12.1. The van der Waals surface area contributed by atoms with Gasteiger partial charge in [0.1, 0.15) is 17.6 Å². The van der Waals surface area contributed by atoms with Crippen molar-refractivity contribution in [3.8, 4) is 0 Å². The lowest BCUT2D eigenvalue weighted by Crippen LogP contribution is -2.31. The summed E-state index contributed by atoms with van der Waals surface area (Å²) in [5.41, 5.74) is 5.94. The number of Topliss-reactive ketones (excluding diaryl/α,β-unsaturated/α-hetero) is 1. The third-order valence-electron chi connectivity index (χ3n) is 10.1. The molecule has 0 saturated heterocycles. The number of carbonyl (C=O) groups is 3. The fourth-order valence-corrected chi connectivity index (χ4v) is 10.7. The number of rotatable bonds is 15. The number of carbonyl (C=O) groups excluding carboxylic acids is 3. The Hall–Kier alpha value is -5.20. The molecule has 0 saturated carbocycles. The van der Waals surface area contributed by atoms with Gasteiger partial charge < -0.3 is 30.5 Å². The first-order valence-corrected chi connectivity index (χ1v) is 22.6. The van der Waals surface area contributed by atoms with E-state index in [1.54, 1.807) is 30.4 Å². The Kier molecular flexibility index (Phi) is 14.0. The molecule has 1 aliphatic heterocycles. The first-order valence-electron chi connectivity index (χ1n) is 19.3. The van der Waals surface area contributed by atoms with Gasteiger partial charge in [0, 0.05) is 58.1 Å². The molecule has 2 unspecified atom stereocenters. The lowest BCUT2D eigenvalue weighted by atomic mass is 9.78. The Balaban J connectivity index is 0.923. The van der Waals surface area contributed by atoms with Gasteiger partial charge in [0.05, 0.1) is 12.7 Å². The molecule has 1 heterocycles. The molecule has 4 aromatic carbocycles. The van der Waals surface area contributed by atoms with Crippen LogP contribution in [0.3, 0.4) is 0 Å². The number of alkyl halides is 1. The smallest absolute Gasteiger partial charge is 0.338 e. The number of benzene rings is 4. The van der Waals surface area contributed by atoms with Crippen molar-refractivity contribution in [2.45, 2.75) is 23.4 Å². The predicted molar refractivity (Wildman–Crippen MR) is 249 cm³/mol. The standard InChI is InChI=1S/C47H43IN3O6PS/c1-56-46(55)40-17-13-30(26-44(40)58(35-9-4-2-5-10-35)36-11-6-3-7-12-36)41(54)21-24-49-22-8-23-50-47(59)51-32-14-18-37(31(25-32)29-48)45-38-19-15-33(52)27-42(38)57-43-28-34(53)16-20-39(43)45/h2-7,9-20,25-28,38,42,49,52H,8,21-24,29H2,1H3,(H2,50,51,59). The van der Waals surface area contributed by atoms with E-state index in [-0.39, 0.29) is 23.2 Å². The van der Waals surface area contributed by atoms with Crippen molar-refractivity contribution >= 4 is 92.6 Å². The SMILES string of the molecule is COC(=O)c1ccc(C(=O)CCNCCCNC(=S)Nc2ccc(C3=C4C=CC(=O)C=C4OC4C=C(O)C=CC34)c(CI)c2)cc1P(c1ccccc1)c1ccccc1. The highest BCUT2D eigenvalue weighted by atomic mass is 127. The van der Waals surface area contributed by atoms with Crippen LogP contribution in [-0.4, -0.2) is 60.6 Å². The van der Waals surface area contributed by atoms with Gasteiger partial charge >= 0.3 is 5.97 Å². The van der Waals surface area contributed by atoms with Crippen LogP contribution in [0.4, 0.5) is 5.69 Å². The summed E-state index contributed by atoms with van der Waals surface area (Å²) in [6.07, 6.45) is 10.9. The molecule has 0 aromatic heterocycles. The summed E-state index contributed by atoms with van der Waals surface area (Å²) in [6, 6.07) is 31.6. The molecule has 9 nitrogen and oxygen atoms in total. The van der Waals surface area contributed by atoms with Crippen molar-refractivity contribution in [3.05, 3.63) is 173 Å². The highest BCUT2D eigenvalue weighted by molar-refractivity contribution is 14.1. The number of esters is 1. The van der Waals surface area contributed by atoms with Crippen molar-refractivity contribution in [1.29, 1.82) is 0 Å². The van der Waals surface area contributed by atoms with Crippen LogP contribution in [0.2, 0.25) is 0 Å². The number of anilines is 1. The minimum Gasteiger partial charge on any atom is -0.508 e. The molecule has 3 aliphatic rings. The molecule has 0 bridgehead atoms. The van der Waals surface area contributed by atoms with Crippen LogP contribution < -0.4 is 31.9 Å². The van der Waals surface area contributed by atoms with Crippen LogP contribution in [0.25, 0.3) is 5.57 Å². The number of hydrogen-bond donors (Lipinski definition) is 4. The number of allylic oxidation sites excluding steroid dienone is 4. The summed E-state index contributed by atoms with van der Waals surface area (Å²) in [5, 5.41) is 23.6. The van der Waals surface area contributed by atoms with Gasteiger partial charge in [-0.2, -0.15) is 0 Å². The van der Waals surface area contributed by atoms with Gasteiger partial charge in [0.15, 0.2) is 16.7 Å². The monoisotopic (exact) mass is 935 g/mol. The van der Waals surface area contributed by atoms with E-state index in [9.17, 15) is 19.5 Å². The first kappa shape index (κ1) is 41.9. The fraction of sp³-hybridized carbons (Fsp3) is 0.191. The summed E-state index contributed by atoms with van der Waals surface area (Å²) in [5.74, 6) is -0.0426. The van der Waals surface area contributed by atoms with Crippen LogP contribution in [0.15, 0.2) is 151 Å². The summed E-state index contributed by atoms with van der Waals surface area (Å²) in [6.45, 7) is 1.84. The second-order valence-electron chi connectivity index (χ2n) is 14.0. The number of nitrogens with one attached hydrogen (secondary N) is 3. The van der Waals surface area contributed by atoms with Crippen molar-refractivity contribution in [1.82, 2.24) is 10.6 Å². The van der Waals surface area contributed by atoms with Crippen molar-refractivity contribution < 1.29 is 29.0 Å². The van der Waals surface area contributed by atoms with Crippen LogP contribution in [0.5, 0.6) is 0 Å². The fourth-order valence-electron chi connectivity index (χ4n) is 7.34. The maximum Gasteiger partial charge on any atom is 0.338 e. The summed E-state index contributed by atoms with van der Waals surface area (Å²) >= 11 is 7.99. The Bertz CT molecular complexity index is 2370. The van der Waals surface area contributed by atoms with Gasteiger partial charge in [-0.05, 0) is 109 Å². The molecule has 0 amide bonds. The number of fused-ring (bicyclic) bond motifs is 2. The van der Waals surface area contributed by atoms with Crippen molar-refractivity contribution in [3.63, 3.8) is 0 Å². The van der Waals surface area contributed by atoms with Gasteiger partial charge in [0.25, 0.3) is 0 Å². The number of ether oxygens (including phenoxy) is 2. The van der Waals surface area contributed by atoms with E-state index in [0.717, 1.165) is 54.7 Å². The van der Waals surface area contributed by atoms with Crippen molar-refractivity contribution in [2.75, 3.05) is 32.1 Å². The third kappa shape index (κ3) is 9.99. The number of hydrogen-bond acceptors (Lipinski definition) is 8. The number of methoxy groups -OCH3 is 1. The lowest BCUT2D eigenvalue weighted by molar-refractivity contribution is -0.110. The van der Waals surface area contributed by atoms with Gasteiger partial charge in [-0.15, -0.1) is 0 Å². The van der Waals surface area contributed by atoms with E-state index in [1.165, 1.54) is 13.2 Å². The molecule has 0 spiro atoms. The van der Waals surface area contributed by atoms with Gasteiger partial charge in [-0.3, -0.25) is 9.59 Å². The van der Waals surface area contributed by atoms with Crippen LogP contribution in [0.1, 0.15) is 44.7 Å². The van der Waals surface area contributed by atoms with Gasteiger partial charge in [0.2, 0.25) is 0 Å². The molecular formula is C47H43IN3O6PS. The van der Waals surface area contributed by atoms with E-state index < -0.39 is 20.0 Å². The zero-order valence-corrected chi connectivity index (χ0v) is 36.2. The minimum absolute atomic E-state index is 0.00572. The molecule has 300 valence electrons. The molecule has 0 fully saturated rings. The predicted octanol–water partition coefficient (Wildman–Crippen LogP) is 7.51. The number of thiocarbonyl (C=S) groups is 1. The quantitative estimate of drug-likeness (QED) is 0.0181. The average molecular weight is 936 g/mol. The first-order chi connectivity index (χ1) is 28.7. The van der Waals surface area contributed by atoms with Crippen molar-refractivity contribution in [2.24, 2.45) is 5.92 Å². The van der Waals surface area contributed by atoms with Crippen LogP contribution >= 0.6 is 42.7 Å². The zero-order chi connectivity index (χ0) is 41.3. The molecule has 2 atom stereocenters. The molecular weight excluding hydrogens is 892 g/mol. The lowest BCUT2D eigenvalue weighted by Gasteiger charge is -2.37. The van der Waals surface area contributed by atoms with Crippen LogP contribution in [0, 0.1) is 5.92 Å². The largest absolute Gasteiger partial charge is 0.508 e. The second kappa shape index (κ2) is 19.7. The van der Waals surface area contributed by atoms with E-state index >= 15 is 0 Å². The number of ketones is 2. The number of halogens is 1. The molecule has 12 heteroatoms. The van der Waals surface area contributed by atoms with E-state index in [4.69, 9.17) is 21.7 Å². The molecule has 0 radical (unpaired) electrons. The Morgan fingerprint density at radius 1 is 0.915 bits per heavy atom. The van der Waals surface area contributed by atoms with E-state index in [2.05, 4.69) is 74.9 Å². The average Bonchev–Trinajstić information content (AvgIpc) is 3.25. The Morgan fingerprint density at radius 2 is 1.66 bits per heavy atom. The number of aliphatic hydroxyl groups excluding tert-OH is 1. The minimum atomic E-state index is -1.13. The van der Waals surface area contributed by atoms with E-state index in [1.807, 2.05) is 60.7 Å². The highest BCUT2D eigenvalue weighted by Gasteiger charge is 2.37. The maximum atomic E-state index is 13.5. The molecule has 7 rings (SSSR count). The molecule has 4 aromatic rings. The van der Waals surface area contributed by atoms with Gasteiger partial charge in [-0.1, -0.05) is 101 Å². The van der Waals surface area contributed by atoms with E-state index in [0.29, 0.717) is 48.1 Å². The summed E-state index contributed by atoms with van der Waals surface area (Å²) in [7, 11) is 0.247. The molecule has 59 heavy (non-hydrogen) atoms. The Labute approximate surface area is 364 Å². The Morgan fingerprint density at radius 3 is 2.37 bits per heavy atom. The number of aliphatic hydroxyl groups is 1. The topological polar surface area (TPSA) is 126 Å². The maximum absolute atomic E-state index is 13.5. The van der Waals surface area contributed by atoms with Crippen LogP contribution in [-0.2, 0) is 18.7 Å². The summed E-state index contributed by atoms with van der Waals surface area (Å²) in [4.78, 5) is 38.6. The molecule has 4 N–H and O–H groups in total. The highest BCUT2D eigenvalue weighted by Crippen LogP contribution is 2.45. The third-order valence-corrected chi connectivity index (χ3v) is 13.7. The zero-order valence-electron chi connectivity index (χ0n) is 32.3. The molecule has 2 aliphatic carbocycles. The van der Waals surface area contributed by atoms with Gasteiger partial charge in [-0.25, -0.2) is 4.79 Å². The normalized spacial score (nSPS) is 16.7.